The maximum absolute atomic E-state index is 6.76. The van der Waals surface area contributed by atoms with Gasteiger partial charge >= 0.3 is 0 Å². The Morgan fingerprint density at radius 3 is 1.81 bits per heavy atom. The van der Waals surface area contributed by atoms with Gasteiger partial charge in [-0.25, -0.2) is 9.97 Å². The molecule has 0 N–H and O–H groups in total. The lowest BCUT2D eigenvalue weighted by Gasteiger charge is -2.37. The van der Waals surface area contributed by atoms with Gasteiger partial charge in [0.1, 0.15) is 22.8 Å². The van der Waals surface area contributed by atoms with E-state index in [4.69, 9.17) is 18.8 Å². The minimum atomic E-state index is -0.190. The molecule has 0 radical (unpaired) electrons. The van der Waals surface area contributed by atoms with Gasteiger partial charge in [-0.05, 0) is 101 Å². The van der Waals surface area contributed by atoms with E-state index < -0.39 is 0 Å². The number of nitrogens with zero attached hydrogens (tertiary/aromatic N) is 4. The van der Waals surface area contributed by atoms with E-state index in [1.807, 2.05) is 18.2 Å². The average molecular weight is 821 g/mol. The molecule has 8 aromatic carbocycles. The molecule has 2 aliphatic rings. The van der Waals surface area contributed by atoms with Gasteiger partial charge in [-0.2, -0.15) is 0 Å². The highest BCUT2D eigenvalue weighted by molar-refractivity contribution is 6.15. The molecule has 12 aromatic rings. The third-order valence-corrected chi connectivity index (χ3v) is 13.3. The van der Waals surface area contributed by atoms with Gasteiger partial charge < -0.3 is 13.7 Å². The van der Waals surface area contributed by atoms with Crippen molar-refractivity contribution in [1.82, 2.24) is 9.97 Å². The van der Waals surface area contributed by atoms with Crippen molar-refractivity contribution in [1.29, 1.82) is 0 Å². The van der Waals surface area contributed by atoms with Gasteiger partial charge in [-0.3, -0.25) is 4.90 Å². The third kappa shape index (κ3) is 5.14. The Morgan fingerprint density at radius 1 is 0.469 bits per heavy atom. The number of benzene rings is 8. The van der Waals surface area contributed by atoms with Crippen LogP contribution in [-0.2, 0) is 6.42 Å². The summed E-state index contributed by atoms with van der Waals surface area (Å²) in [5, 5.41) is 8.92. The third-order valence-electron chi connectivity index (χ3n) is 13.3. The number of aromatic nitrogens is 2. The van der Waals surface area contributed by atoms with E-state index in [1.54, 1.807) is 0 Å². The first kappa shape index (κ1) is 35.2. The van der Waals surface area contributed by atoms with Crippen LogP contribution in [-0.4, -0.2) is 16.0 Å². The summed E-state index contributed by atoms with van der Waals surface area (Å²) in [6.07, 6.45) is 7.84. The van der Waals surface area contributed by atoms with E-state index in [0.29, 0.717) is 0 Å². The Balaban J connectivity index is 0.995. The van der Waals surface area contributed by atoms with Gasteiger partial charge in [0.2, 0.25) is 0 Å². The summed E-state index contributed by atoms with van der Waals surface area (Å²) in [6, 6.07) is 63.7. The fourth-order valence-electron chi connectivity index (χ4n) is 10.4. The Bertz CT molecular complexity index is 3990. The lowest BCUT2D eigenvalue weighted by atomic mass is 9.78. The van der Waals surface area contributed by atoms with Crippen molar-refractivity contribution in [2.75, 3.05) is 9.80 Å². The van der Waals surface area contributed by atoms with Crippen LogP contribution in [0.1, 0.15) is 16.7 Å². The first-order chi connectivity index (χ1) is 31.7. The number of allylic oxidation sites excluding steroid dienone is 1. The minimum Gasteiger partial charge on any atom is -0.454 e. The lowest BCUT2D eigenvalue weighted by Crippen LogP contribution is -2.33. The van der Waals surface area contributed by atoms with Gasteiger partial charge in [0.25, 0.3) is 0 Å². The van der Waals surface area contributed by atoms with Crippen molar-refractivity contribution < 1.29 is 8.83 Å². The Labute approximate surface area is 367 Å². The van der Waals surface area contributed by atoms with Gasteiger partial charge in [0.15, 0.2) is 11.2 Å². The second kappa shape index (κ2) is 13.5. The quantitative estimate of drug-likeness (QED) is 0.167. The first-order valence-electron chi connectivity index (χ1n) is 21.8. The number of rotatable bonds is 6. The van der Waals surface area contributed by atoms with E-state index in [-0.39, 0.29) is 6.04 Å². The minimum absolute atomic E-state index is 0.190. The van der Waals surface area contributed by atoms with Crippen molar-refractivity contribution in [2.45, 2.75) is 12.5 Å². The zero-order chi connectivity index (χ0) is 41.9. The van der Waals surface area contributed by atoms with E-state index in [0.717, 1.165) is 106 Å². The molecule has 4 heterocycles. The molecule has 64 heavy (non-hydrogen) atoms. The summed E-state index contributed by atoms with van der Waals surface area (Å²) in [4.78, 5) is 15.4. The predicted molar refractivity (Wildman–Crippen MR) is 263 cm³/mol. The fraction of sp³-hybridized carbons (Fsp3) is 0.0345. The van der Waals surface area contributed by atoms with Crippen molar-refractivity contribution in [3.05, 3.63) is 211 Å². The molecule has 2 aliphatic carbocycles. The summed E-state index contributed by atoms with van der Waals surface area (Å²) < 4.78 is 13.5. The van der Waals surface area contributed by atoms with Gasteiger partial charge in [0, 0.05) is 37.7 Å². The van der Waals surface area contributed by atoms with Crippen molar-refractivity contribution >= 4 is 117 Å². The lowest BCUT2D eigenvalue weighted by molar-refractivity contribution is 0.667. The number of pyridine rings is 2. The standard InChI is InChI=1S/C58H36N4O2/c1-5-17-45-35(11-1)27-33-53(59-45)61(49-19-9-15-41-39-13-3-7-21-51(39)63-57(41)49)47-31-25-37-24-30-44-48(32-26-38-23-29-43(47)55(37)56(38)44)62(54-34-28-36-12-2-6-18-46(36)60-54)50-20-10-16-42-40-14-4-8-22-52(40)64-58(42)50/h1-23,25-34,48H,24H2. The highest BCUT2D eigenvalue weighted by Crippen LogP contribution is 2.50. The summed E-state index contributed by atoms with van der Waals surface area (Å²) in [5.74, 6) is 1.67. The van der Waals surface area contributed by atoms with Crippen LogP contribution >= 0.6 is 0 Å². The molecule has 4 aromatic heterocycles. The van der Waals surface area contributed by atoms with Crippen LogP contribution in [0.15, 0.2) is 203 Å². The number of anilines is 5. The normalized spacial score (nSPS) is 14.4. The number of furan rings is 2. The molecule has 0 aliphatic heterocycles. The van der Waals surface area contributed by atoms with Crippen LogP contribution in [0, 0.1) is 0 Å². The van der Waals surface area contributed by atoms with E-state index in [9.17, 15) is 0 Å². The molecule has 6 heteroatoms. The maximum atomic E-state index is 6.76. The van der Waals surface area contributed by atoms with E-state index in [2.05, 4.69) is 192 Å². The smallest absolute Gasteiger partial charge is 0.159 e. The van der Waals surface area contributed by atoms with Crippen LogP contribution in [0.4, 0.5) is 28.7 Å². The van der Waals surface area contributed by atoms with Crippen LogP contribution in [0.3, 0.4) is 0 Å². The molecule has 0 saturated carbocycles. The molecule has 0 bridgehead atoms. The van der Waals surface area contributed by atoms with Gasteiger partial charge in [-0.1, -0.05) is 133 Å². The first-order valence-corrected chi connectivity index (χ1v) is 21.8. The number of hydrogen-bond acceptors (Lipinski definition) is 6. The zero-order valence-corrected chi connectivity index (χ0v) is 34.4. The molecule has 0 spiro atoms. The topological polar surface area (TPSA) is 58.5 Å². The zero-order valence-electron chi connectivity index (χ0n) is 34.4. The second-order valence-electron chi connectivity index (χ2n) is 16.8. The summed E-state index contributed by atoms with van der Waals surface area (Å²) in [7, 11) is 0. The van der Waals surface area contributed by atoms with Crippen LogP contribution < -0.4 is 9.80 Å². The van der Waals surface area contributed by atoms with Gasteiger partial charge in [-0.15, -0.1) is 0 Å². The van der Waals surface area contributed by atoms with Crippen LogP contribution in [0.5, 0.6) is 0 Å². The summed E-state index contributed by atoms with van der Waals surface area (Å²) in [5.41, 5.74) is 13.2. The molecule has 6 nitrogen and oxygen atoms in total. The van der Waals surface area contributed by atoms with E-state index >= 15 is 0 Å². The maximum Gasteiger partial charge on any atom is 0.159 e. The monoisotopic (exact) mass is 820 g/mol. The van der Waals surface area contributed by atoms with Crippen molar-refractivity contribution in [3.63, 3.8) is 0 Å². The fourth-order valence-corrected chi connectivity index (χ4v) is 10.4. The Hall–Kier alpha value is -8.48. The Kier molecular flexibility index (Phi) is 7.42. The number of fused-ring (bicyclic) bond motifs is 8. The number of para-hydroxylation sites is 6. The van der Waals surface area contributed by atoms with Gasteiger partial charge in [0.05, 0.1) is 34.1 Å². The molecule has 300 valence electrons. The van der Waals surface area contributed by atoms with Crippen LogP contribution in [0.2, 0.25) is 0 Å². The highest BCUT2D eigenvalue weighted by Gasteiger charge is 2.34. The highest BCUT2D eigenvalue weighted by atomic mass is 16.3. The molecule has 0 fully saturated rings. The molecule has 14 rings (SSSR count). The average Bonchev–Trinajstić information content (AvgIpc) is 3.94. The molecular formula is C58H36N4O2. The van der Waals surface area contributed by atoms with Crippen molar-refractivity contribution in [2.24, 2.45) is 0 Å². The Morgan fingerprint density at radius 2 is 1.08 bits per heavy atom. The summed E-state index contributed by atoms with van der Waals surface area (Å²) >= 11 is 0. The number of hydrogen-bond donors (Lipinski definition) is 0. The largest absolute Gasteiger partial charge is 0.454 e. The molecule has 1 unspecified atom stereocenters. The molecule has 1 atom stereocenters. The van der Waals surface area contributed by atoms with E-state index in [1.165, 1.54) is 27.6 Å². The SMILES string of the molecule is C1=CC(N(c2ccc3ccccc3n2)c2cccc3c2oc2ccccc23)C2=CCc3ccc(N(c4ccc5ccccc5n4)c4cccc5c4oc4ccccc45)c4ccc1c2c34. The molecular weight excluding hydrogens is 785 g/mol. The van der Waals surface area contributed by atoms with Crippen LogP contribution in [0.25, 0.3) is 88.1 Å². The second-order valence-corrected chi connectivity index (χ2v) is 16.8. The summed E-state index contributed by atoms with van der Waals surface area (Å²) in [6.45, 7) is 0. The molecule has 0 saturated heterocycles. The molecule has 0 amide bonds. The predicted octanol–water partition coefficient (Wildman–Crippen LogP) is 15.4. The van der Waals surface area contributed by atoms with Crippen molar-refractivity contribution in [3.8, 4) is 0 Å².